The lowest BCUT2D eigenvalue weighted by Gasteiger charge is -2.44. The molecule has 0 aromatic rings. The molecule has 4 aliphatic carbocycles. The van der Waals surface area contributed by atoms with Gasteiger partial charge in [0, 0.05) is 0 Å². The van der Waals surface area contributed by atoms with Crippen molar-refractivity contribution in [2.75, 3.05) is 0 Å². The van der Waals surface area contributed by atoms with Gasteiger partial charge in [0.25, 0.3) is 0 Å². The van der Waals surface area contributed by atoms with Crippen molar-refractivity contribution >= 4 is 0 Å². The second-order valence-corrected chi connectivity index (χ2v) is 10.2. The molecule has 0 aromatic carbocycles. The Hall–Kier alpha value is -0.440. The van der Waals surface area contributed by atoms with Crippen LogP contribution in [0.3, 0.4) is 0 Å². The Morgan fingerprint density at radius 1 is 0.885 bits per heavy atom. The fourth-order valence-corrected chi connectivity index (χ4v) is 7.10. The van der Waals surface area contributed by atoms with E-state index in [1.165, 1.54) is 51.4 Å². The summed E-state index contributed by atoms with van der Waals surface area (Å²) in [6.07, 6.45) is 16.1. The molecule has 2 N–H and O–H groups in total. The third-order valence-corrected chi connectivity index (χ3v) is 8.93. The van der Waals surface area contributed by atoms with E-state index in [1.54, 1.807) is 6.42 Å². The minimum Gasteiger partial charge on any atom is -0.412 e. The zero-order valence-corrected chi connectivity index (χ0v) is 16.6. The predicted octanol–water partition coefficient (Wildman–Crippen LogP) is 6.73. The molecule has 26 heavy (non-hydrogen) atoms. The molecule has 4 rings (SSSR count). The van der Waals surface area contributed by atoms with Crippen LogP contribution < -0.4 is 0 Å². The van der Waals surface area contributed by atoms with Crippen molar-refractivity contribution in [3.63, 3.8) is 0 Å². The topological polar surface area (TPSA) is 31.5 Å². The monoisotopic (exact) mass is 374 g/mol. The SMILES string of the molecule is C.CC1C=C2CCC3CC(CC[C@@]4(C)C3CCC4(C)C)C2CC1.F.F.O. The Bertz CT molecular complexity index is 487. The van der Waals surface area contributed by atoms with Crippen LogP contribution in [0.2, 0.25) is 0 Å². The van der Waals surface area contributed by atoms with Crippen molar-refractivity contribution < 1.29 is 14.9 Å². The van der Waals surface area contributed by atoms with Crippen molar-refractivity contribution in [2.45, 2.75) is 92.9 Å². The van der Waals surface area contributed by atoms with Gasteiger partial charge in [-0.2, -0.15) is 0 Å². The third-order valence-electron chi connectivity index (χ3n) is 8.93. The van der Waals surface area contributed by atoms with Gasteiger partial charge in [0.2, 0.25) is 0 Å². The summed E-state index contributed by atoms with van der Waals surface area (Å²) in [6, 6.07) is 0. The Labute approximate surface area is 160 Å². The second-order valence-electron chi connectivity index (χ2n) is 10.2. The van der Waals surface area contributed by atoms with Crippen LogP contribution in [-0.2, 0) is 0 Å². The van der Waals surface area contributed by atoms with E-state index in [0.29, 0.717) is 10.8 Å². The fraction of sp³-hybridized carbons (Fsp3) is 0.913. The summed E-state index contributed by atoms with van der Waals surface area (Å²) in [5.74, 6) is 4.88. The molecule has 4 aliphatic rings. The highest BCUT2D eigenvalue weighted by atomic mass is 19.0. The van der Waals surface area contributed by atoms with E-state index < -0.39 is 0 Å². The van der Waals surface area contributed by atoms with E-state index in [-0.39, 0.29) is 22.3 Å². The number of hydrogen-bond acceptors (Lipinski definition) is 0. The molecule has 5 unspecified atom stereocenters. The molecule has 0 amide bonds. The van der Waals surface area contributed by atoms with Gasteiger partial charge in [0.05, 0.1) is 0 Å². The van der Waals surface area contributed by atoms with Gasteiger partial charge in [-0.1, -0.05) is 46.8 Å². The largest absolute Gasteiger partial charge is 0.412 e. The van der Waals surface area contributed by atoms with Gasteiger partial charge in [0.15, 0.2) is 0 Å². The molecule has 0 aromatic heterocycles. The lowest BCUT2D eigenvalue weighted by Crippen LogP contribution is -2.37. The van der Waals surface area contributed by atoms with Crippen molar-refractivity contribution in [2.24, 2.45) is 40.4 Å². The molecular formula is C23H44F2O. The molecular weight excluding hydrogens is 330 g/mol. The van der Waals surface area contributed by atoms with E-state index in [0.717, 1.165) is 29.6 Å². The van der Waals surface area contributed by atoms with Crippen molar-refractivity contribution in [1.82, 2.24) is 0 Å². The van der Waals surface area contributed by atoms with E-state index in [1.807, 2.05) is 5.57 Å². The van der Waals surface area contributed by atoms with Gasteiger partial charge in [0.1, 0.15) is 0 Å². The maximum atomic E-state index is 2.68. The van der Waals surface area contributed by atoms with Crippen LogP contribution in [0.1, 0.15) is 92.9 Å². The van der Waals surface area contributed by atoms with E-state index >= 15 is 0 Å². The molecule has 3 fully saturated rings. The van der Waals surface area contributed by atoms with E-state index in [9.17, 15) is 0 Å². The fourth-order valence-electron chi connectivity index (χ4n) is 7.10. The van der Waals surface area contributed by atoms with Crippen LogP contribution in [0.5, 0.6) is 0 Å². The normalized spacial score (nSPS) is 42.6. The molecule has 3 saturated carbocycles. The van der Waals surface area contributed by atoms with Crippen LogP contribution in [0.15, 0.2) is 11.6 Å². The van der Waals surface area contributed by atoms with Gasteiger partial charge in [-0.25, -0.2) is 0 Å². The number of allylic oxidation sites excluding steroid dienone is 2. The molecule has 0 aliphatic heterocycles. The highest BCUT2D eigenvalue weighted by molar-refractivity contribution is 5.17. The summed E-state index contributed by atoms with van der Waals surface area (Å²) in [7, 11) is 0. The quantitative estimate of drug-likeness (QED) is 0.421. The standard InChI is InChI=1S/C22H36.CH4.2FH.H2O/c1-15-5-8-19-16(13-15)6-7-18-14-17(19)9-12-22(4)20(18)10-11-21(22,2)3;;;;/h13,15,17-20H,5-12,14H2,1-4H3;1H4;2*1H;1H2/t15?,17?,18?,19?,20?,22-;;;;/m0..../s1. The first-order valence-corrected chi connectivity index (χ1v) is 10.1. The summed E-state index contributed by atoms with van der Waals surface area (Å²) >= 11 is 0. The third kappa shape index (κ3) is 3.75. The van der Waals surface area contributed by atoms with E-state index in [2.05, 4.69) is 33.8 Å². The van der Waals surface area contributed by atoms with Crippen molar-refractivity contribution in [3.8, 4) is 0 Å². The molecule has 3 heteroatoms. The lowest BCUT2D eigenvalue weighted by molar-refractivity contribution is 0.0492. The minimum atomic E-state index is 0. The number of rotatable bonds is 0. The molecule has 2 bridgehead atoms. The first-order valence-electron chi connectivity index (χ1n) is 10.1. The first kappa shape index (κ1) is 25.6. The highest BCUT2D eigenvalue weighted by Gasteiger charge is 2.56. The van der Waals surface area contributed by atoms with Crippen molar-refractivity contribution in [3.05, 3.63) is 11.6 Å². The van der Waals surface area contributed by atoms with Gasteiger partial charge in [-0.05, 0) is 98.2 Å². The highest BCUT2D eigenvalue weighted by Crippen LogP contribution is 2.65. The summed E-state index contributed by atoms with van der Waals surface area (Å²) in [6.45, 7) is 10.2. The molecule has 1 nitrogen and oxygen atoms in total. The molecule has 0 saturated heterocycles. The van der Waals surface area contributed by atoms with Crippen molar-refractivity contribution in [1.29, 1.82) is 0 Å². The summed E-state index contributed by atoms with van der Waals surface area (Å²) in [5, 5.41) is 0. The Morgan fingerprint density at radius 3 is 2.27 bits per heavy atom. The average Bonchev–Trinajstić information content (AvgIpc) is 2.61. The first-order chi connectivity index (χ1) is 10.4. The maximum Gasteiger partial charge on any atom is -0.0174 e. The number of fused-ring (bicyclic) bond motifs is 6. The minimum absolute atomic E-state index is 0. The predicted molar refractivity (Wildman–Crippen MR) is 110 cm³/mol. The second kappa shape index (κ2) is 8.71. The maximum absolute atomic E-state index is 2.68. The zero-order chi connectivity index (χ0) is 15.5. The van der Waals surface area contributed by atoms with E-state index in [4.69, 9.17) is 0 Å². The van der Waals surface area contributed by atoms with Crippen LogP contribution >= 0.6 is 0 Å². The molecule has 0 heterocycles. The molecule has 0 radical (unpaired) electrons. The van der Waals surface area contributed by atoms with Gasteiger partial charge < -0.3 is 5.48 Å². The lowest BCUT2D eigenvalue weighted by atomic mass is 9.60. The zero-order valence-electron chi connectivity index (χ0n) is 16.6. The molecule has 0 spiro atoms. The Balaban J connectivity index is 0.00000156. The van der Waals surface area contributed by atoms with Crippen LogP contribution in [0.25, 0.3) is 0 Å². The van der Waals surface area contributed by atoms with Gasteiger partial charge >= 0.3 is 0 Å². The van der Waals surface area contributed by atoms with Crippen LogP contribution in [0, 0.1) is 40.4 Å². The summed E-state index contributed by atoms with van der Waals surface area (Å²) in [4.78, 5) is 0. The summed E-state index contributed by atoms with van der Waals surface area (Å²) in [5.41, 5.74) is 3.08. The Kier molecular flexibility index (Phi) is 8.56. The molecule has 6 atom stereocenters. The number of halogens is 2. The smallest absolute Gasteiger partial charge is 0.0174 e. The molecule has 156 valence electrons. The van der Waals surface area contributed by atoms with Crippen LogP contribution in [-0.4, -0.2) is 5.48 Å². The number of hydrogen-bond donors (Lipinski definition) is 0. The van der Waals surface area contributed by atoms with Gasteiger partial charge in [-0.3, -0.25) is 9.41 Å². The average molecular weight is 375 g/mol. The summed E-state index contributed by atoms with van der Waals surface area (Å²) < 4.78 is 0. The van der Waals surface area contributed by atoms with Crippen LogP contribution in [0.4, 0.5) is 9.41 Å². The van der Waals surface area contributed by atoms with Gasteiger partial charge in [-0.15, -0.1) is 0 Å². The Morgan fingerprint density at radius 2 is 1.58 bits per heavy atom.